The summed E-state index contributed by atoms with van der Waals surface area (Å²) in [7, 11) is -3.14. The summed E-state index contributed by atoms with van der Waals surface area (Å²) in [5.41, 5.74) is 5.99. The number of hydrogen-bond acceptors (Lipinski definition) is 3. The Balaban J connectivity index is 1.85. The number of nitrogens with two attached hydrogens (primary N) is 1. The van der Waals surface area contributed by atoms with Crippen LogP contribution in [-0.4, -0.2) is 26.3 Å². The van der Waals surface area contributed by atoms with Gasteiger partial charge in [0.2, 0.25) is 10.0 Å². The molecule has 0 aromatic heterocycles. The van der Waals surface area contributed by atoms with Crippen LogP contribution in [0.1, 0.15) is 57.8 Å². The zero-order valence-electron chi connectivity index (χ0n) is 11.1. The second-order valence-corrected chi connectivity index (χ2v) is 7.76. The van der Waals surface area contributed by atoms with Crippen LogP contribution in [0.3, 0.4) is 0 Å². The van der Waals surface area contributed by atoms with Crippen molar-refractivity contribution in [1.82, 2.24) is 4.72 Å². The minimum Gasteiger partial charge on any atom is -0.326 e. The van der Waals surface area contributed by atoms with Gasteiger partial charge in [-0.2, -0.15) is 0 Å². The molecule has 0 aliphatic heterocycles. The van der Waals surface area contributed by atoms with Gasteiger partial charge < -0.3 is 5.73 Å². The smallest absolute Gasteiger partial charge is 0.212 e. The van der Waals surface area contributed by atoms with Gasteiger partial charge in [-0.3, -0.25) is 0 Å². The summed E-state index contributed by atoms with van der Waals surface area (Å²) in [6.45, 7) is 0. The lowest BCUT2D eigenvalue weighted by Gasteiger charge is -2.30. The van der Waals surface area contributed by atoms with Gasteiger partial charge in [-0.1, -0.05) is 32.1 Å². The minimum atomic E-state index is -3.14. The summed E-state index contributed by atoms with van der Waals surface area (Å²) in [4.78, 5) is 0. The predicted molar refractivity (Wildman–Crippen MR) is 73.7 cm³/mol. The number of rotatable bonds is 4. The molecule has 4 nitrogen and oxygen atoms in total. The molecule has 0 heterocycles. The van der Waals surface area contributed by atoms with Gasteiger partial charge >= 0.3 is 0 Å². The van der Waals surface area contributed by atoms with E-state index in [9.17, 15) is 8.42 Å². The third kappa shape index (κ3) is 4.21. The van der Waals surface area contributed by atoms with Gasteiger partial charge in [-0.25, -0.2) is 13.1 Å². The predicted octanol–water partition coefficient (Wildman–Crippen LogP) is 1.76. The monoisotopic (exact) mass is 274 g/mol. The molecule has 5 heteroatoms. The first kappa shape index (κ1) is 14.3. The van der Waals surface area contributed by atoms with Crippen molar-refractivity contribution in [3.05, 3.63) is 0 Å². The molecule has 2 aliphatic rings. The minimum absolute atomic E-state index is 0.000110. The zero-order valence-corrected chi connectivity index (χ0v) is 11.9. The number of sulfonamides is 1. The van der Waals surface area contributed by atoms with Crippen molar-refractivity contribution in [2.24, 2.45) is 11.7 Å². The maximum absolute atomic E-state index is 12.1. The number of nitrogens with one attached hydrogen (secondary N) is 1. The summed E-state index contributed by atoms with van der Waals surface area (Å²) in [6.07, 6.45) is 9.81. The second kappa shape index (κ2) is 6.35. The van der Waals surface area contributed by atoms with Crippen molar-refractivity contribution >= 4 is 10.0 Å². The molecule has 2 saturated carbocycles. The molecule has 2 atom stereocenters. The van der Waals surface area contributed by atoms with Crippen LogP contribution in [0, 0.1) is 5.92 Å². The molecule has 0 aromatic carbocycles. The molecule has 0 aromatic rings. The molecule has 2 fully saturated rings. The van der Waals surface area contributed by atoms with Crippen molar-refractivity contribution in [1.29, 1.82) is 0 Å². The first-order valence-corrected chi connectivity index (χ1v) is 8.97. The zero-order chi connectivity index (χ0) is 13.0. The summed E-state index contributed by atoms with van der Waals surface area (Å²) < 4.78 is 27.1. The van der Waals surface area contributed by atoms with Crippen LogP contribution >= 0.6 is 0 Å². The van der Waals surface area contributed by atoms with E-state index in [1.165, 1.54) is 19.3 Å². The molecule has 0 bridgehead atoms. The summed E-state index contributed by atoms with van der Waals surface area (Å²) >= 11 is 0. The molecule has 2 unspecified atom stereocenters. The van der Waals surface area contributed by atoms with Gasteiger partial charge in [0.25, 0.3) is 0 Å². The van der Waals surface area contributed by atoms with Gasteiger partial charge in [0.1, 0.15) is 0 Å². The Labute approximate surface area is 111 Å². The standard InChI is InChI=1S/C13H26N2O2S/c14-12-8-4-5-9-13(12)15-18(16,17)10-11-6-2-1-3-7-11/h11-13,15H,1-10,14H2. The lowest BCUT2D eigenvalue weighted by Crippen LogP contribution is -2.50. The molecular formula is C13H26N2O2S. The van der Waals surface area contributed by atoms with Crippen LogP contribution in [0.25, 0.3) is 0 Å². The highest BCUT2D eigenvalue weighted by Gasteiger charge is 2.28. The highest BCUT2D eigenvalue weighted by Crippen LogP contribution is 2.25. The highest BCUT2D eigenvalue weighted by molar-refractivity contribution is 7.89. The maximum atomic E-state index is 12.1. The van der Waals surface area contributed by atoms with E-state index in [2.05, 4.69) is 4.72 Å². The maximum Gasteiger partial charge on any atom is 0.212 e. The fourth-order valence-corrected chi connectivity index (χ4v) is 5.05. The van der Waals surface area contributed by atoms with Crippen LogP contribution in [-0.2, 0) is 10.0 Å². The van der Waals surface area contributed by atoms with E-state index in [-0.39, 0.29) is 12.1 Å². The SMILES string of the molecule is NC1CCCCC1NS(=O)(=O)CC1CCCCC1. The number of hydrogen-bond donors (Lipinski definition) is 2. The van der Waals surface area contributed by atoms with E-state index in [1.807, 2.05) is 0 Å². The van der Waals surface area contributed by atoms with Crippen molar-refractivity contribution in [2.75, 3.05) is 5.75 Å². The van der Waals surface area contributed by atoms with Gasteiger partial charge in [0.15, 0.2) is 0 Å². The Morgan fingerprint density at radius 3 is 2.22 bits per heavy atom. The third-order valence-corrected chi connectivity index (χ3v) is 5.90. The lowest BCUT2D eigenvalue weighted by molar-refractivity contribution is 0.354. The Kier molecular flexibility index (Phi) is 5.04. The molecule has 0 saturated heterocycles. The van der Waals surface area contributed by atoms with Crippen molar-refractivity contribution < 1.29 is 8.42 Å². The first-order valence-electron chi connectivity index (χ1n) is 7.32. The van der Waals surface area contributed by atoms with E-state index in [1.54, 1.807) is 0 Å². The van der Waals surface area contributed by atoms with Crippen LogP contribution in [0.5, 0.6) is 0 Å². The van der Waals surface area contributed by atoms with Crippen LogP contribution in [0.2, 0.25) is 0 Å². The molecule has 18 heavy (non-hydrogen) atoms. The van der Waals surface area contributed by atoms with E-state index in [4.69, 9.17) is 5.73 Å². The average Bonchev–Trinajstić information content (AvgIpc) is 2.32. The topological polar surface area (TPSA) is 72.2 Å². The molecule has 0 spiro atoms. The van der Waals surface area contributed by atoms with E-state index in [0.717, 1.165) is 38.5 Å². The van der Waals surface area contributed by atoms with Gasteiger partial charge in [-0.15, -0.1) is 0 Å². The summed E-state index contributed by atoms with van der Waals surface area (Å²) in [5.74, 6) is 0.659. The Bertz CT molecular complexity index is 350. The normalized spacial score (nSPS) is 31.4. The average molecular weight is 274 g/mol. The fraction of sp³-hybridized carbons (Fsp3) is 1.00. The van der Waals surface area contributed by atoms with Crippen LogP contribution < -0.4 is 10.5 Å². The Hall–Kier alpha value is -0.130. The highest BCUT2D eigenvalue weighted by atomic mass is 32.2. The molecule has 0 amide bonds. The van der Waals surface area contributed by atoms with Gasteiger partial charge in [0, 0.05) is 12.1 Å². The molecule has 2 rings (SSSR count). The largest absolute Gasteiger partial charge is 0.326 e. The Morgan fingerprint density at radius 1 is 0.944 bits per heavy atom. The van der Waals surface area contributed by atoms with Crippen molar-refractivity contribution in [3.8, 4) is 0 Å². The molecule has 106 valence electrons. The quantitative estimate of drug-likeness (QED) is 0.820. The molecular weight excluding hydrogens is 248 g/mol. The van der Waals surface area contributed by atoms with Crippen LogP contribution in [0.15, 0.2) is 0 Å². The van der Waals surface area contributed by atoms with E-state index >= 15 is 0 Å². The molecule has 2 aliphatic carbocycles. The van der Waals surface area contributed by atoms with Crippen molar-refractivity contribution in [2.45, 2.75) is 69.9 Å². The summed E-state index contributed by atoms with van der Waals surface area (Å²) in [5, 5.41) is 0. The van der Waals surface area contributed by atoms with E-state index in [0.29, 0.717) is 11.7 Å². The fourth-order valence-electron chi connectivity index (χ4n) is 3.25. The lowest BCUT2D eigenvalue weighted by atomic mass is 9.91. The van der Waals surface area contributed by atoms with E-state index < -0.39 is 10.0 Å². The molecule has 3 N–H and O–H groups in total. The first-order chi connectivity index (χ1) is 8.57. The van der Waals surface area contributed by atoms with Crippen LogP contribution in [0.4, 0.5) is 0 Å². The second-order valence-electron chi connectivity index (χ2n) is 5.96. The van der Waals surface area contributed by atoms with Gasteiger partial charge in [0.05, 0.1) is 5.75 Å². The Morgan fingerprint density at radius 2 is 1.56 bits per heavy atom. The van der Waals surface area contributed by atoms with Crippen molar-refractivity contribution in [3.63, 3.8) is 0 Å². The third-order valence-electron chi connectivity index (χ3n) is 4.33. The summed E-state index contributed by atoms with van der Waals surface area (Å²) in [6, 6.07) is -0.0350. The molecule has 0 radical (unpaired) electrons. The van der Waals surface area contributed by atoms with Gasteiger partial charge in [-0.05, 0) is 31.6 Å².